The highest BCUT2D eigenvalue weighted by molar-refractivity contribution is 5.50. The lowest BCUT2D eigenvalue weighted by Crippen LogP contribution is -2.23. The van der Waals surface area contributed by atoms with E-state index in [0.717, 1.165) is 37.4 Å². The zero-order valence-electron chi connectivity index (χ0n) is 10.6. The summed E-state index contributed by atoms with van der Waals surface area (Å²) in [6.45, 7) is 6.01. The molecule has 0 bridgehead atoms. The van der Waals surface area contributed by atoms with E-state index in [9.17, 15) is 0 Å². The first-order chi connectivity index (χ1) is 8.20. The maximum Gasteiger partial charge on any atom is 0.129 e. The fourth-order valence-corrected chi connectivity index (χ4v) is 2.39. The van der Waals surface area contributed by atoms with Crippen molar-refractivity contribution in [3.05, 3.63) is 17.8 Å². The molecule has 1 aliphatic heterocycles. The fourth-order valence-electron chi connectivity index (χ4n) is 2.39. The van der Waals surface area contributed by atoms with E-state index >= 15 is 0 Å². The summed E-state index contributed by atoms with van der Waals surface area (Å²) >= 11 is 0. The summed E-state index contributed by atoms with van der Waals surface area (Å²) in [6.07, 6.45) is 4.31. The van der Waals surface area contributed by atoms with E-state index in [0.29, 0.717) is 17.7 Å². The molecule has 2 atom stereocenters. The molecule has 1 saturated heterocycles. The van der Waals surface area contributed by atoms with Crippen LogP contribution in [0.4, 0.5) is 11.5 Å². The first-order valence-corrected chi connectivity index (χ1v) is 6.28. The molecule has 2 unspecified atom stereocenters. The number of nitrogen functional groups attached to an aromatic ring is 1. The Morgan fingerprint density at radius 2 is 2.41 bits per heavy atom. The SMILES string of the molecule is CCC1OCCC1CNc1ncc(N)cc1C. The number of hydrogen-bond donors (Lipinski definition) is 2. The number of nitrogens with two attached hydrogens (primary N) is 1. The molecule has 0 aliphatic carbocycles. The highest BCUT2D eigenvalue weighted by Gasteiger charge is 2.26. The molecule has 1 fully saturated rings. The van der Waals surface area contributed by atoms with Gasteiger partial charge in [0.05, 0.1) is 18.0 Å². The third-order valence-electron chi connectivity index (χ3n) is 3.38. The average molecular weight is 235 g/mol. The third kappa shape index (κ3) is 2.88. The minimum atomic E-state index is 0.400. The van der Waals surface area contributed by atoms with Gasteiger partial charge in [0.2, 0.25) is 0 Å². The first-order valence-electron chi connectivity index (χ1n) is 6.28. The highest BCUT2D eigenvalue weighted by Crippen LogP contribution is 2.24. The molecule has 0 radical (unpaired) electrons. The van der Waals surface area contributed by atoms with E-state index in [4.69, 9.17) is 10.5 Å². The van der Waals surface area contributed by atoms with E-state index in [2.05, 4.69) is 17.2 Å². The maximum atomic E-state index is 5.68. The van der Waals surface area contributed by atoms with Crippen molar-refractivity contribution in [1.29, 1.82) is 0 Å². The normalized spacial score (nSPS) is 23.9. The average Bonchev–Trinajstić information content (AvgIpc) is 2.75. The molecular weight excluding hydrogens is 214 g/mol. The van der Waals surface area contributed by atoms with Gasteiger partial charge in [-0.15, -0.1) is 0 Å². The molecular formula is C13H21N3O. The van der Waals surface area contributed by atoms with Gasteiger partial charge in [0.15, 0.2) is 0 Å². The standard InChI is InChI=1S/C13H21N3O/c1-3-12-10(4-5-17-12)7-15-13-9(2)6-11(14)8-16-13/h6,8,10,12H,3-5,7,14H2,1-2H3,(H,15,16). The van der Waals surface area contributed by atoms with Gasteiger partial charge >= 0.3 is 0 Å². The lowest BCUT2D eigenvalue weighted by atomic mass is 10.00. The van der Waals surface area contributed by atoms with Crippen LogP contribution in [-0.4, -0.2) is 24.2 Å². The Balaban J connectivity index is 1.93. The Morgan fingerprint density at radius 1 is 1.59 bits per heavy atom. The van der Waals surface area contributed by atoms with Crippen LogP contribution in [-0.2, 0) is 4.74 Å². The van der Waals surface area contributed by atoms with Gasteiger partial charge in [0.1, 0.15) is 5.82 Å². The molecule has 0 spiro atoms. The Labute approximate surface area is 103 Å². The summed E-state index contributed by atoms with van der Waals surface area (Å²) in [5.74, 6) is 1.53. The van der Waals surface area contributed by atoms with Crippen molar-refractivity contribution < 1.29 is 4.74 Å². The summed E-state index contributed by atoms with van der Waals surface area (Å²) in [5.41, 5.74) is 7.49. The summed E-state index contributed by atoms with van der Waals surface area (Å²) in [4.78, 5) is 4.31. The lowest BCUT2D eigenvalue weighted by Gasteiger charge is -2.18. The number of hydrogen-bond acceptors (Lipinski definition) is 4. The van der Waals surface area contributed by atoms with Crippen molar-refractivity contribution in [3.63, 3.8) is 0 Å². The summed E-state index contributed by atoms with van der Waals surface area (Å²) in [7, 11) is 0. The van der Waals surface area contributed by atoms with Gasteiger partial charge in [-0.05, 0) is 31.4 Å². The second-order valence-corrected chi connectivity index (χ2v) is 4.68. The number of ether oxygens (including phenoxy) is 1. The van der Waals surface area contributed by atoms with Crippen LogP contribution >= 0.6 is 0 Å². The largest absolute Gasteiger partial charge is 0.397 e. The molecule has 4 heteroatoms. The molecule has 0 aromatic carbocycles. The molecule has 1 aromatic heterocycles. The molecule has 1 aliphatic rings. The van der Waals surface area contributed by atoms with Gasteiger partial charge in [-0.2, -0.15) is 0 Å². The van der Waals surface area contributed by atoms with Crippen molar-refractivity contribution >= 4 is 11.5 Å². The summed E-state index contributed by atoms with van der Waals surface area (Å²) < 4.78 is 5.67. The number of nitrogens with one attached hydrogen (secondary N) is 1. The van der Waals surface area contributed by atoms with Crippen LogP contribution in [0.5, 0.6) is 0 Å². The van der Waals surface area contributed by atoms with Gasteiger partial charge in [-0.1, -0.05) is 6.92 Å². The topological polar surface area (TPSA) is 60.2 Å². The Morgan fingerprint density at radius 3 is 3.12 bits per heavy atom. The van der Waals surface area contributed by atoms with Gasteiger partial charge in [-0.25, -0.2) is 4.98 Å². The van der Waals surface area contributed by atoms with Crippen molar-refractivity contribution in [2.75, 3.05) is 24.2 Å². The van der Waals surface area contributed by atoms with E-state index in [1.54, 1.807) is 6.20 Å². The van der Waals surface area contributed by atoms with Gasteiger partial charge in [-0.3, -0.25) is 0 Å². The number of aryl methyl sites for hydroxylation is 1. The van der Waals surface area contributed by atoms with E-state index in [1.807, 2.05) is 13.0 Å². The molecule has 0 saturated carbocycles. The lowest BCUT2D eigenvalue weighted by molar-refractivity contribution is 0.0900. The van der Waals surface area contributed by atoms with Crippen molar-refractivity contribution in [1.82, 2.24) is 4.98 Å². The monoisotopic (exact) mass is 235 g/mol. The molecule has 2 rings (SSSR count). The zero-order chi connectivity index (χ0) is 12.3. The van der Waals surface area contributed by atoms with Crippen molar-refractivity contribution in [2.45, 2.75) is 32.8 Å². The first kappa shape index (κ1) is 12.2. The number of aromatic nitrogens is 1. The van der Waals surface area contributed by atoms with Crippen LogP contribution < -0.4 is 11.1 Å². The molecule has 4 nitrogen and oxygen atoms in total. The third-order valence-corrected chi connectivity index (χ3v) is 3.38. The van der Waals surface area contributed by atoms with Crippen LogP contribution in [0.15, 0.2) is 12.3 Å². The van der Waals surface area contributed by atoms with Crippen LogP contribution in [0.2, 0.25) is 0 Å². The molecule has 1 aromatic rings. The van der Waals surface area contributed by atoms with Crippen molar-refractivity contribution in [3.8, 4) is 0 Å². The maximum absolute atomic E-state index is 5.68. The number of anilines is 2. The smallest absolute Gasteiger partial charge is 0.129 e. The van der Waals surface area contributed by atoms with E-state index in [1.165, 1.54) is 0 Å². The molecule has 0 amide bonds. The molecule has 2 heterocycles. The quantitative estimate of drug-likeness (QED) is 0.840. The predicted octanol–water partition coefficient (Wildman–Crippen LogP) is 2.20. The fraction of sp³-hybridized carbons (Fsp3) is 0.615. The van der Waals surface area contributed by atoms with E-state index in [-0.39, 0.29) is 0 Å². The number of rotatable bonds is 4. The van der Waals surface area contributed by atoms with Gasteiger partial charge in [0, 0.05) is 19.1 Å². The van der Waals surface area contributed by atoms with Crippen LogP contribution in [0, 0.1) is 12.8 Å². The second-order valence-electron chi connectivity index (χ2n) is 4.68. The van der Waals surface area contributed by atoms with Crippen molar-refractivity contribution in [2.24, 2.45) is 5.92 Å². The minimum Gasteiger partial charge on any atom is -0.397 e. The van der Waals surface area contributed by atoms with Gasteiger partial charge < -0.3 is 15.8 Å². The Kier molecular flexibility index (Phi) is 3.84. The van der Waals surface area contributed by atoms with Crippen LogP contribution in [0.25, 0.3) is 0 Å². The number of pyridine rings is 1. The molecule has 94 valence electrons. The second kappa shape index (κ2) is 5.36. The summed E-state index contributed by atoms with van der Waals surface area (Å²) in [5, 5.41) is 3.40. The van der Waals surface area contributed by atoms with E-state index < -0.39 is 0 Å². The number of nitrogens with zero attached hydrogens (tertiary/aromatic N) is 1. The predicted molar refractivity (Wildman–Crippen MR) is 70.0 cm³/mol. The highest BCUT2D eigenvalue weighted by atomic mass is 16.5. The Hall–Kier alpha value is -1.29. The molecule has 3 N–H and O–H groups in total. The minimum absolute atomic E-state index is 0.400. The zero-order valence-corrected chi connectivity index (χ0v) is 10.6. The van der Waals surface area contributed by atoms with Crippen LogP contribution in [0.1, 0.15) is 25.3 Å². The summed E-state index contributed by atoms with van der Waals surface area (Å²) in [6, 6.07) is 1.94. The molecule has 17 heavy (non-hydrogen) atoms. The Bertz CT molecular complexity index is 381. The van der Waals surface area contributed by atoms with Crippen LogP contribution in [0.3, 0.4) is 0 Å². The van der Waals surface area contributed by atoms with Gasteiger partial charge in [0.25, 0.3) is 0 Å².